The van der Waals surface area contributed by atoms with Gasteiger partial charge in [0.05, 0.1) is 22.3 Å². The maximum absolute atomic E-state index is 12.4. The van der Waals surface area contributed by atoms with Gasteiger partial charge in [0.15, 0.2) is 4.32 Å². The number of nitrogens with zero attached hydrogens (tertiary/aromatic N) is 3. The van der Waals surface area contributed by atoms with Crippen LogP contribution in [0.15, 0.2) is 57.1 Å². The van der Waals surface area contributed by atoms with Gasteiger partial charge in [-0.1, -0.05) is 11.8 Å². The van der Waals surface area contributed by atoms with Gasteiger partial charge >= 0.3 is 0 Å². The second-order valence-corrected chi connectivity index (χ2v) is 6.28. The van der Waals surface area contributed by atoms with Gasteiger partial charge in [0.1, 0.15) is 5.76 Å². The third-order valence-corrected chi connectivity index (χ3v) is 4.30. The van der Waals surface area contributed by atoms with Crippen molar-refractivity contribution in [1.29, 1.82) is 0 Å². The average molecular weight is 359 g/mol. The molecule has 2 aromatic rings. The lowest BCUT2D eigenvalue weighted by atomic mass is 10.2. The van der Waals surface area contributed by atoms with Crippen LogP contribution >= 0.6 is 24.0 Å². The lowest BCUT2D eigenvalue weighted by Gasteiger charge is -2.05. The van der Waals surface area contributed by atoms with E-state index >= 15 is 0 Å². The van der Waals surface area contributed by atoms with Crippen molar-refractivity contribution in [1.82, 2.24) is 5.01 Å². The van der Waals surface area contributed by atoms with Crippen LogP contribution in [0.1, 0.15) is 11.3 Å². The Morgan fingerprint density at radius 2 is 2.04 bits per heavy atom. The fraction of sp³-hybridized carbons (Fsp3) is 0. The second-order valence-electron chi connectivity index (χ2n) is 4.60. The predicted molar refractivity (Wildman–Crippen MR) is 94.4 cm³/mol. The first kappa shape index (κ1) is 16.1. The summed E-state index contributed by atoms with van der Waals surface area (Å²) in [5.74, 6) is 0.148. The molecular weight excluding hydrogens is 350 g/mol. The van der Waals surface area contributed by atoms with Gasteiger partial charge in [-0.2, -0.15) is 10.1 Å². The van der Waals surface area contributed by atoms with E-state index in [-0.39, 0.29) is 11.6 Å². The molecule has 1 amide bonds. The molecule has 9 heteroatoms. The van der Waals surface area contributed by atoms with Gasteiger partial charge in [0.25, 0.3) is 11.6 Å². The Morgan fingerprint density at radius 3 is 2.67 bits per heavy atom. The summed E-state index contributed by atoms with van der Waals surface area (Å²) in [7, 11) is 0. The minimum Gasteiger partial charge on any atom is -0.463 e. The van der Waals surface area contributed by atoms with Gasteiger partial charge in [-0.15, -0.1) is 0 Å². The van der Waals surface area contributed by atoms with Crippen LogP contribution in [0.2, 0.25) is 0 Å². The van der Waals surface area contributed by atoms with E-state index in [0.29, 0.717) is 20.5 Å². The zero-order chi connectivity index (χ0) is 17.1. The molecule has 0 radical (unpaired) electrons. The molecule has 24 heavy (non-hydrogen) atoms. The zero-order valence-electron chi connectivity index (χ0n) is 12.0. The topological polar surface area (TPSA) is 89.0 Å². The van der Waals surface area contributed by atoms with Crippen molar-refractivity contribution >= 4 is 52.2 Å². The summed E-state index contributed by atoms with van der Waals surface area (Å²) in [6, 6.07) is 9.30. The SMILES string of the molecule is O=C1C(=Cc2ccc([N+](=O)[O-])cc2)SC(=S)N1N=Cc1ccco1. The summed E-state index contributed by atoms with van der Waals surface area (Å²) in [4.78, 5) is 22.9. The highest BCUT2D eigenvalue weighted by molar-refractivity contribution is 8.26. The first-order valence-corrected chi connectivity index (χ1v) is 7.87. The van der Waals surface area contributed by atoms with Crippen molar-refractivity contribution in [2.45, 2.75) is 0 Å². The number of hydrogen-bond acceptors (Lipinski definition) is 7. The Morgan fingerprint density at radius 1 is 1.29 bits per heavy atom. The summed E-state index contributed by atoms with van der Waals surface area (Å²) < 4.78 is 5.41. The van der Waals surface area contributed by atoms with Crippen LogP contribution in [-0.4, -0.2) is 26.4 Å². The standard InChI is InChI=1S/C15H9N3O4S2/c19-14-13(8-10-3-5-11(6-4-10)18(20)21)24-15(23)17(14)16-9-12-2-1-7-22-12/h1-9H. The van der Waals surface area contributed by atoms with Crippen LogP contribution < -0.4 is 0 Å². The van der Waals surface area contributed by atoms with Crippen molar-refractivity contribution in [3.8, 4) is 0 Å². The van der Waals surface area contributed by atoms with Crippen molar-refractivity contribution in [3.05, 3.63) is 69.0 Å². The van der Waals surface area contributed by atoms with E-state index in [1.165, 1.54) is 24.6 Å². The fourth-order valence-electron chi connectivity index (χ4n) is 1.88. The summed E-state index contributed by atoms with van der Waals surface area (Å²) in [6.45, 7) is 0. The highest BCUT2D eigenvalue weighted by atomic mass is 32.2. The number of nitro groups is 1. The van der Waals surface area contributed by atoms with Gasteiger partial charge in [-0.05, 0) is 48.1 Å². The zero-order valence-corrected chi connectivity index (χ0v) is 13.6. The minimum absolute atomic E-state index is 0.0113. The number of hydrogen-bond donors (Lipinski definition) is 0. The quantitative estimate of drug-likeness (QED) is 0.273. The lowest BCUT2D eigenvalue weighted by Crippen LogP contribution is -2.22. The van der Waals surface area contributed by atoms with Gasteiger partial charge in [0.2, 0.25) is 0 Å². The van der Waals surface area contributed by atoms with Crippen LogP contribution in [0.25, 0.3) is 6.08 Å². The van der Waals surface area contributed by atoms with Crippen molar-refractivity contribution in [2.24, 2.45) is 5.10 Å². The number of benzene rings is 1. The molecule has 3 rings (SSSR count). The first-order chi connectivity index (χ1) is 11.5. The molecule has 0 atom stereocenters. The van der Waals surface area contributed by atoms with E-state index in [4.69, 9.17) is 16.6 Å². The molecule has 0 aliphatic carbocycles. The number of carbonyl (C=O) groups is 1. The molecule has 0 saturated carbocycles. The van der Waals surface area contributed by atoms with E-state index in [1.54, 1.807) is 30.3 Å². The molecule has 1 aliphatic rings. The number of thiocarbonyl (C=S) groups is 1. The number of furan rings is 1. The summed E-state index contributed by atoms with van der Waals surface area (Å²) in [5.41, 5.74) is 0.652. The molecule has 1 saturated heterocycles. The number of non-ortho nitro benzene ring substituents is 1. The Labute approximate surface area is 145 Å². The van der Waals surface area contributed by atoms with E-state index in [0.717, 1.165) is 16.8 Å². The maximum atomic E-state index is 12.4. The highest BCUT2D eigenvalue weighted by Gasteiger charge is 2.32. The van der Waals surface area contributed by atoms with Crippen molar-refractivity contribution < 1.29 is 14.1 Å². The average Bonchev–Trinajstić information content (AvgIpc) is 3.16. The second kappa shape index (κ2) is 6.77. The third-order valence-electron chi connectivity index (χ3n) is 3.02. The summed E-state index contributed by atoms with van der Waals surface area (Å²) >= 11 is 6.27. The maximum Gasteiger partial charge on any atom is 0.286 e. The fourth-order valence-corrected chi connectivity index (χ4v) is 3.05. The number of carbonyl (C=O) groups excluding carboxylic acids is 1. The van der Waals surface area contributed by atoms with E-state index in [1.807, 2.05) is 0 Å². The van der Waals surface area contributed by atoms with E-state index < -0.39 is 4.92 Å². The molecule has 0 spiro atoms. The van der Waals surface area contributed by atoms with E-state index in [9.17, 15) is 14.9 Å². The molecule has 2 heterocycles. The van der Waals surface area contributed by atoms with Crippen LogP contribution in [0, 0.1) is 10.1 Å². The van der Waals surface area contributed by atoms with Gasteiger partial charge < -0.3 is 4.42 Å². The Kier molecular flexibility index (Phi) is 4.54. The first-order valence-electron chi connectivity index (χ1n) is 6.64. The molecule has 0 N–H and O–H groups in total. The van der Waals surface area contributed by atoms with Gasteiger partial charge in [-0.25, -0.2) is 0 Å². The molecule has 1 aromatic carbocycles. The minimum atomic E-state index is -0.480. The molecule has 1 aromatic heterocycles. The summed E-state index contributed by atoms with van der Waals surface area (Å²) in [5, 5.41) is 15.8. The third kappa shape index (κ3) is 3.42. The van der Waals surface area contributed by atoms with Gasteiger partial charge in [-0.3, -0.25) is 14.9 Å². The number of amides is 1. The smallest absolute Gasteiger partial charge is 0.286 e. The number of nitro benzene ring substituents is 1. The molecular formula is C15H9N3O4S2. The van der Waals surface area contributed by atoms with Gasteiger partial charge in [0, 0.05) is 12.1 Å². The van der Waals surface area contributed by atoms with Crippen LogP contribution in [0.3, 0.4) is 0 Å². The number of thioether (sulfide) groups is 1. The van der Waals surface area contributed by atoms with Crippen LogP contribution in [-0.2, 0) is 4.79 Å². The van der Waals surface area contributed by atoms with Crippen LogP contribution in [0.5, 0.6) is 0 Å². The molecule has 0 bridgehead atoms. The largest absolute Gasteiger partial charge is 0.463 e. The Balaban J connectivity index is 1.79. The molecule has 7 nitrogen and oxygen atoms in total. The Hall–Kier alpha value is -2.78. The van der Waals surface area contributed by atoms with Crippen molar-refractivity contribution in [2.75, 3.05) is 0 Å². The molecule has 1 aliphatic heterocycles. The number of rotatable bonds is 4. The highest BCUT2D eigenvalue weighted by Crippen LogP contribution is 2.32. The normalized spacial score (nSPS) is 16.5. The molecule has 0 unspecified atom stereocenters. The number of hydrazone groups is 1. The predicted octanol–water partition coefficient (Wildman–Crippen LogP) is 3.42. The van der Waals surface area contributed by atoms with Crippen LogP contribution in [0.4, 0.5) is 5.69 Å². The monoisotopic (exact) mass is 359 g/mol. The summed E-state index contributed by atoms with van der Waals surface area (Å²) in [6.07, 6.45) is 4.52. The van der Waals surface area contributed by atoms with Crippen molar-refractivity contribution in [3.63, 3.8) is 0 Å². The Bertz CT molecular complexity index is 857. The van der Waals surface area contributed by atoms with E-state index in [2.05, 4.69) is 5.10 Å². The molecule has 1 fully saturated rings. The molecule has 120 valence electrons. The lowest BCUT2D eigenvalue weighted by molar-refractivity contribution is -0.384.